The van der Waals surface area contributed by atoms with Crippen LogP contribution in [0.2, 0.25) is 0 Å². The minimum atomic E-state index is -3.86. The maximum atomic E-state index is 12.6. The van der Waals surface area contributed by atoms with Crippen molar-refractivity contribution >= 4 is 37.5 Å². The van der Waals surface area contributed by atoms with Crippen LogP contribution in [0.25, 0.3) is 10.2 Å². The predicted molar refractivity (Wildman–Crippen MR) is 120 cm³/mol. The fourth-order valence-electron chi connectivity index (χ4n) is 3.20. The molecule has 4 rings (SSSR count). The first kappa shape index (κ1) is 22.2. The van der Waals surface area contributed by atoms with Crippen LogP contribution in [-0.4, -0.2) is 43.7 Å². The van der Waals surface area contributed by atoms with Gasteiger partial charge in [-0.25, -0.2) is 22.8 Å². The Morgan fingerprint density at radius 2 is 1.97 bits per heavy atom. The van der Waals surface area contributed by atoms with E-state index in [2.05, 4.69) is 15.1 Å². The normalized spacial score (nSPS) is 13.7. The average molecular weight is 479 g/mol. The summed E-state index contributed by atoms with van der Waals surface area (Å²) in [5, 5.41) is 0.463. The van der Waals surface area contributed by atoms with E-state index < -0.39 is 15.9 Å². The van der Waals surface area contributed by atoms with Gasteiger partial charge in [0.1, 0.15) is 11.2 Å². The molecule has 10 nitrogen and oxygen atoms in total. The van der Waals surface area contributed by atoms with E-state index in [4.69, 9.17) is 9.47 Å². The summed E-state index contributed by atoms with van der Waals surface area (Å²) in [5.41, 5.74) is 2.90. The fourth-order valence-corrected chi connectivity index (χ4v) is 5.23. The van der Waals surface area contributed by atoms with Crippen LogP contribution in [0.3, 0.4) is 0 Å². The third-order valence-corrected chi connectivity index (χ3v) is 7.58. The number of thiophene rings is 1. The topological polar surface area (TPSA) is 129 Å². The smallest absolute Gasteiger partial charge is 0.281 e. The van der Waals surface area contributed by atoms with Crippen LogP contribution in [0, 0.1) is 13.8 Å². The molecule has 3 aromatic rings. The second-order valence-electron chi connectivity index (χ2n) is 7.22. The first-order valence-corrected chi connectivity index (χ1v) is 12.2. The number of aromatic nitrogens is 2. The highest BCUT2D eigenvalue weighted by Crippen LogP contribution is 2.31. The molecule has 12 heteroatoms. The minimum absolute atomic E-state index is 0.0105. The van der Waals surface area contributed by atoms with Gasteiger partial charge in [-0.1, -0.05) is 0 Å². The van der Waals surface area contributed by atoms with Gasteiger partial charge in [0.25, 0.3) is 5.56 Å². The van der Waals surface area contributed by atoms with Crippen LogP contribution in [-0.2, 0) is 14.8 Å². The zero-order valence-electron chi connectivity index (χ0n) is 17.5. The summed E-state index contributed by atoms with van der Waals surface area (Å²) >= 11 is 1.41. The van der Waals surface area contributed by atoms with Gasteiger partial charge in [-0.3, -0.25) is 15.0 Å². The van der Waals surface area contributed by atoms with E-state index in [0.717, 1.165) is 15.1 Å². The molecule has 0 saturated heterocycles. The van der Waals surface area contributed by atoms with Gasteiger partial charge in [0.2, 0.25) is 15.9 Å². The van der Waals surface area contributed by atoms with Crippen LogP contribution >= 0.6 is 11.3 Å². The molecule has 1 aliphatic rings. The van der Waals surface area contributed by atoms with Crippen molar-refractivity contribution < 1.29 is 22.7 Å². The standard InChI is InChI=1S/C20H22N4O6S2/c1-12-13(2)31-19-18(12)20(26)24(11-21-19)23-17(25)6-7-22-32(27,28)14-4-5-15-16(10-14)30-9-3-8-29-15/h4-5,10-11,22H,3,6-9H2,1-2H3,(H,23,25). The lowest BCUT2D eigenvalue weighted by molar-refractivity contribution is -0.117. The first-order chi connectivity index (χ1) is 15.3. The lowest BCUT2D eigenvalue weighted by atomic mass is 10.2. The number of benzene rings is 1. The summed E-state index contributed by atoms with van der Waals surface area (Å²) in [6, 6.07) is 4.36. The number of amides is 1. The quantitative estimate of drug-likeness (QED) is 0.551. The molecule has 0 radical (unpaired) electrons. The van der Waals surface area contributed by atoms with E-state index >= 15 is 0 Å². The maximum absolute atomic E-state index is 12.6. The number of sulfonamides is 1. The fraction of sp³-hybridized carbons (Fsp3) is 0.350. The van der Waals surface area contributed by atoms with E-state index in [0.29, 0.717) is 41.4 Å². The molecule has 1 amide bonds. The number of fused-ring (bicyclic) bond motifs is 2. The Hall–Kier alpha value is -2.96. The number of carbonyl (C=O) groups is 1. The van der Waals surface area contributed by atoms with Crippen LogP contribution < -0.4 is 25.2 Å². The summed E-state index contributed by atoms with van der Waals surface area (Å²) in [4.78, 5) is 30.7. The zero-order chi connectivity index (χ0) is 22.9. The zero-order valence-corrected chi connectivity index (χ0v) is 19.1. The highest BCUT2D eigenvalue weighted by Gasteiger charge is 2.19. The van der Waals surface area contributed by atoms with Gasteiger partial charge < -0.3 is 9.47 Å². The molecule has 32 heavy (non-hydrogen) atoms. The Morgan fingerprint density at radius 1 is 1.22 bits per heavy atom. The number of rotatable bonds is 6. The Morgan fingerprint density at radius 3 is 2.75 bits per heavy atom. The van der Waals surface area contributed by atoms with Crippen molar-refractivity contribution in [3.8, 4) is 11.5 Å². The molecule has 2 aromatic heterocycles. The van der Waals surface area contributed by atoms with Crippen molar-refractivity contribution in [3.05, 3.63) is 45.3 Å². The lowest BCUT2D eigenvalue weighted by Crippen LogP contribution is -2.35. The van der Waals surface area contributed by atoms with Crippen LogP contribution in [0.1, 0.15) is 23.3 Å². The molecule has 0 spiro atoms. The van der Waals surface area contributed by atoms with Crippen molar-refractivity contribution in [2.75, 3.05) is 25.2 Å². The maximum Gasteiger partial charge on any atom is 0.281 e. The van der Waals surface area contributed by atoms with Crippen molar-refractivity contribution in [2.24, 2.45) is 0 Å². The summed E-state index contributed by atoms with van der Waals surface area (Å²) in [5.74, 6) is 0.330. The van der Waals surface area contributed by atoms with E-state index in [1.165, 1.54) is 29.8 Å². The average Bonchev–Trinajstić information content (AvgIpc) is 2.92. The molecule has 0 aliphatic carbocycles. The molecule has 3 heterocycles. The van der Waals surface area contributed by atoms with Gasteiger partial charge in [-0.2, -0.15) is 0 Å². The molecular weight excluding hydrogens is 456 g/mol. The number of nitrogens with zero attached hydrogens (tertiary/aromatic N) is 2. The molecule has 170 valence electrons. The third kappa shape index (κ3) is 4.47. The minimum Gasteiger partial charge on any atom is -0.490 e. The second-order valence-corrected chi connectivity index (χ2v) is 10.2. The molecule has 0 saturated carbocycles. The van der Waals surface area contributed by atoms with Gasteiger partial charge in [-0.15, -0.1) is 11.3 Å². The molecular formula is C20H22N4O6S2. The van der Waals surface area contributed by atoms with Crippen molar-refractivity contribution in [2.45, 2.75) is 31.6 Å². The van der Waals surface area contributed by atoms with Crippen molar-refractivity contribution in [3.63, 3.8) is 0 Å². The molecule has 0 bridgehead atoms. The second kappa shape index (κ2) is 8.88. The number of carbonyl (C=O) groups excluding carboxylic acids is 1. The number of aryl methyl sites for hydroxylation is 2. The summed E-state index contributed by atoms with van der Waals surface area (Å²) in [6.07, 6.45) is 1.79. The molecule has 1 aromatic carbocycles. The van der Waals surface area contributed by atoms with E-state index in [1.54, 1.807) is 6.07 Å². The van der Waals surface area contributed by atoms with Crippen molar-refractivity contribution in [1.82, 2.24) is 14.4 Å². The largest absolute Gasteiger partial charge is 0.490 e. The number of ether oxygens (including phenoxy) is 2. The molecule has 2 N–H and O–H groups in total. The summed E-state index contributed by atoms with van der Waals surface area (Å²) in [7, 11) is -3.86. The predicted octanol–water partition coefficient (Wildman–Crippen LogP) is 1.67. The highest BCUT2D eigenvalue weighted by atomic mass is 32.2. The van der Waals surface area contributed by atoms with Crippen molar-refractivity contribution in [1.29, 1.82) is 0 Å². The number of hydrogen-bond donors (Lipinski definition) is 2. The van der Waals surface area contributed by atoms with E-state index in [1.807, 2.05) is 13.8 Å². The highest BCUT2D eigenvalue weighted by molar-refractivity contribution is 7.89. The van der Waals surface area contributed by atoms with Crippen LogP contribution in [0.15, 0.2) is 34.2 Å². The van der Waals surface area contributed by atoms with Gasteiger partial charge in [0, 0.05) is 30.3 Å². The summed E-state index contributed by atoms with van der Waals surface area (Å²) < 4.78 is 39.6. The Balaban J connectivity index is 1.39. The van der Waals surface area contributed by atoms with Gasteiger partial charge >= 0.3 is 0 Å². The molecule has 1 aliphatic heterocycles. The first-order valence-electron chi connectivity index (χ1n) is 9.93. The van der Waals surface area contributed by atoms with Gasteiger partial charge in [0.05, 0.1) is 23.5 Å². The third-order valence-electron chi connectivity index (χ3n) is 5.01. The Bertz CT molecular complexity index is 1350. The molecule has 0 atom stereocenters. The Kier molecular flexibility index (Phi) is 6.17. The monoisotopic (exact) mass is 478 g/mol. The van der Waals surface area contributed by atoms with Gasteiger partial charge in [-0.05, 0) is 31.5 Å². The number of hydrogen-bond acceptors (Lipinski definition) is 8. The Labute approximate surface area is 188 Å². The summed E-state index contributed by atoms with van der Waals surface area (Å²) in [6.45, 7) is 4.53. The van der Waals surface area contributed by atoms with E-state index in [9.17, 15) is 18.0 Å². The van der Waals surface area contributed by atoms with Gasteiger partial charge in [0.15, 0.2) is 11.5 Å². The molecule has 0 unspecified atom stereocenters. The lowest BCUT2D eigenvalue weighted by Gasteiger charge is -2.11. The van der Waals surface area contributed by atoms with Crippen LogP contribution in [0.5, 0.6) is 11.5 Å². The van der Waals surface area contributed by atoms with E-state index in [-0.39, 0.29) is 23.4 Å². The SMILES string of the molecule is Cc1sc2ncn(NC(=O)CCNS(=O)(=O)c3ccc4c(c3)OCCCO4)c(=O)c2c1C. The molecule has 0 fully saturated rings. The number of nitrogens with one attached hydrogen (secondary N) is 2. The van der Waals surface area contributed by atoms with Crippen LogP contribution in [0.4, 0.5) is 0 Å².